The molecule has 0 radical (unpaired) electrons. The summed E-state index contributed by atoms with van der Waals surface area (Å²) in [5.74, 6) is 0.148. The minimum absolute atomic E-state index is 0.148. The summed E-state index contributed by atoms with van der Waals surface area (Å²) in [4.78, 5) is 0. The third-order valence-corrected chi connectivity index (χ3v) is 2.05. The lowest BCUT2D eigenvalue weighted by atomic mass is 10.1. The van der Waals surface area contributed by atoms with E-state index in [1.807, 2.05) is 0 Å². The van der Waals surface area contributed by atoms with E-state index in [0.717, 1.165) is 24.8 Å². The maximum atomic E-state index is 8.50. The Balaban J connectivity index is 3.20. The predicted molar refractivity (Wildman–Crippen MR) is 44.0 cm³/mol. The zero-order valence-corrected chi connectivity index (χ0v) is 7.73. The Morgan fingerprint density at radius 1 is 1.70 bits per heavy atom. The molecule has 0 aliphatic rings. The second-order valence-corrected chi connectivity index (χ2v) is 2.76. The average Bonchev–Trinajstić information content (AvgIpc) is 1.99. The molecule has 0 aliphatic carbocycles. The molecule has 0 rings (SSSR count). The summed E-state index contributed by atoms with van der Waals surface area (Å²) in [7, 11) is 1.68. The Kier molecular flexibility index (Phi) is 6.99. The first kappa shape index (κ1) is 9.93. The fourth-order valence-electron chi connectivity index (χ4n) is 0.650. The van der Waals surface area contributed by atoms with Crippen LogP contribution < -0.4 is 0 Å². The van der Waals surface area contributed by atoms with Crippen molar-refractivity contribution in [2.24, 2.45) is 5.92 Å². The zero-order valence-electron chi connectivity index (χ0n) is 6.14. The first-order chi connectivity index (χ1) is 4.85. The van der Waals surface area contributed by atoms with Crippen molar-refractivity contribution in [3.63, 3.8) is 0 Å². The highest BCUT2D eigenvalue weighted by Gasteiger charge is 2.03. The molecular weight excluding hydrogens is 194 g/mol. The average molecular weight is 206 g/mol. The SMILES string of the molecule is COCCCC(C#N)CBr. The summed E-state index contributed by atoms with van der Waals surface area (Å²) in [6.07, 6.45) is 1.90. The molecule has 0 fully saturated rings. The number of halogens is 1. The lowest BCUT2D eigenvalue weighted by Gasteiger charge is -2.02. The van der Waals surface area contributed by atoms with Gasteiger partial charge in [-0.1, -0.05) is 15.9 Å². The van der Waals surface area contributed by atoms with Crippen molar-refractivity contribution in [1.82, 2.24) is 0 Å². The number of methoxy groups -OCH3 is 1. The Labute approximate surface area is 70.3 Å². The van der Waals surface area contributed by atoms with Crippen LogP contribution in [0.2, 0.25) is 0 Å². The van der Waals surface area contributed by atoms with Gasteiger partial charge in [0, 0.05) is 19.0 Å². The third kappa shape index (κ3) is 4.78. The van der Waals surface area contributed by atoms with Crippen molar-refractivity contribution in [2.45, 2.75) is 12.8 Å². The number of hydrogen-bond acceptors (Lipinski definition) is 2. The fraction of sp³-hybridized carbons (Fsp3) is 0.857. The van der Waals surface area contributed by atoms with Crippen LogP contribution in [0.15, 0.2) is 0 Å². The van der Waals surface area contributed by atoms with Crippen LogP contribution in [-0.2, 0) is 4.74 Å². The van der Waals surface area contributed by atoms with E-state index in [4.69, 9.17) is 10.00 Å². The fourth-order valence-corrected chi connectivity index (χ4v) is 1.12. The zero-order chi connectivity index (χ0) is 7.82. The maximum absolute atomic E-state index is 8.50. The quantitative estimate of drug-likeness (QED) is 0.508. The van der Waals surface area contributed by atoms with Crippen LogP contribution in [0.25, 0.3) is 0 Å². The third-order valence-electron chi connectivity index (χ3n) is 1.27. The molecule has 0 bridgehead atoms. The summed E-state index contributed by atoms with van der Waals surface area (Å²) >= 11 is 3.26. The Bertz CT molecular complexity index is 111. The lowest BCUT2D eigenvalue weighted by Crippen LogP contribution is -2.00. The molecule has 0 spiro atoms. The van der Waals surface area contributed by atoms with Crippen molar-refractivity contribution in [3.05, 3.63) is 0 Å². The van der Waals surface area contributed by atoms with Gasteiger partial charge >= 0.3 is 0 Å². The lowest BCUT2D eigenvalue weighted by molar-refractivity contribution is 0.190. The minimum Gasteiger partial charge on any atom is -0.385 e. The first-order valence-electron chi connectivity index (χ1n) is 3.29. The molecule has 10 heavy (non-hydrogen) atoms. The largest absolute Gasteiger partial charge is 0.385 e. The van der Waals surface area contributed by atoms with Crippen LogP contribution in [0.5, 0.6) is 0 Å². The van der Waals surface area contributed by atoms with Gasteiger partial charge in [-0.05, 0) is 12.8 Å². The summed E-state index contributed by atoms with van der Waals surface area (Å²) in [5.41, 5.74) is 0. The van der Waals surface area contributed by atoms with Crippen LogP contribution in [0.1, 0.15) is 12.8 Å². The van der Waals surface area contributed by atoms with E-state index in [1.165, 1.54) is 0 Å². The molecule has 1 atom stereocenters. The van der Waals surface area contributed by atoms with Gasteiger partial charge in [0.25, 0.3) is 0 Å². The highest BCUT2D eigenvalue weighted by Crippen LogP contribution is 2.07. The second-order valence-electron chi connectivity index (χ2n) is 2.12. The van der Waals surface area contributed by atoms with Gasteiger partial charge in [-0.15, -0.1) is 0 Å². The molecule has 0 aliphatic heterocycles. The molecule has 0 saturated heterocycles. The number of nitriles is 1. The molecule has 0 aromatic carbocycles. The van der Waals surface area contributed by atoms with Crippen LogP contribution in [-0.4, -0.2) is 19.0 Å². The summed E-state index contributed by atoms with van der Waals surface area (Å²) in [6.45, 7) is 0.755. The number of rotatable bonds is 5. The Morgan fingerprint density at radius 3 is 2.80 bits per heavy atom. The van der Waals surface area contributed by atoms with Gasteiger partial charge in [0.1, 0.15) is 0 Å². The summed E-state index contributed by atoms with van der Waals surface area (Å²) in [5, 5.41) is 9.28. The van der Waals surface area contributed by atoms with E-state index < -0.39 is 0 Å². The Morgan fingerprint density at radius 2 is 2.40 bits per heavy atom. The molecule has 0 saturated carbocycles. The maximum Gasteiger partial charge on any atom is 0.0664 e. The summed E-state index contributed by atoms with van der Waals surface area (Å²) in [6, 6.07) is 2.21. The van der Waals surface area contributed by atoms with E-state index in [0.29, 0.717) is 0 Å². The topological polar surface area (TPSA) is 33.0 Å². The van der Waals surface area contributed by atoms with E-state index in [9.17, 15) is 0 Å². The molecule has 0 N–H and O–H groups in total. The van der Waals surface area contributed by atoms with Crippen LogP contribution in [0.3, 0.4) is 0 Å². The van der Waals surface area contributed by atoms with Gasteiger partial charge in [-0.2, -0.15) is 5.26 Å². The number of alkyl halides is 1. The van der Waals surface area contributed by atoms with E-state index in [2.05, 4.69) is 22.0 Å². The number of nitrogens with zero attached hydrogens (tertiary/aromatic N) is 1. The van der Waals surface area contributed by atoms with Crippen molar-refractivity contribution in [2.75, 3.05) is 19.0 Å². The van der Waals surface area contributed by atoms with E-state index in [1.54, 1.807) is 7.11 Å². The van der Waals surface area contributed by atoms with Crippen LogP contribution in [0, 0.1) is 17.2 Å². The monoisotopic (exact) mass is 205 g/mol. The molecule has 1 unspecified atom stereocenters. The molecule has 0 heterocycles. The highest BCUT2D eigenvalue weighted by molar-refractivity contribution is 9.09. The molecular formula is C7H12BrNO. The predicted octanol–water partition coefficient (Wildman–Crippen LogP) is 1.95. The summed E-state index contributed by atoms with van der Waals surface area (Å²) < 4.78 is 4.86. The van der Waals surface area contributed by atoms with E-state index >= 15 is 0 Å². The Hall–Kier alpha value is -0.0700. The highest BCUT2D eigenvalue weighted by atomic mass is 79.9. The van der Waals surface area contributed by atoms with Crippen molar-refractivity contribution in [1.29, 1.82) is 5.26 Å². The van der Waals surface area contributed by atoms with E-state index in [-0.39, 0.29) is 5.92 Å². The van der Waals surface area contributed by atoms with Gasteiger partial charge in [-0.3, -0.25) is 0 Å². The molecule has 3 heteroatoms. The van der Waals surface area contributed by atoms with Gasteiger partial charge in [0.2, 0.25) is 0 Å². The normalized spacial score (nSPS) is 12.5. The van der Waals surface area contributed by atoms with Gasteiger partial charge in [0.05, 0.1) is 12.0 Å². The van der Waals surface area contributed by atoms with Crippen molar-refractivity contribution < 1.29 is 4.74 Å². The standard InChI is InChI=1S/C7H12BrNO/c1-10-4-2-3-7(5-8)6-9/h7H,2-5H2,1H3. The second kappa shape index (κ2) is 7.04. The van der Waals surface area contributed by atoms with Gasteiger partial charge < -0.3 is 4.74 Å². The minimum atomic E-state index is 0.148. The molecule has 0 aromatic rings. The van der Waals surface area contributed by atoms with Crippen LogP contribution in [0.4, 0.5) is 0 Å². The molecule has 0 amide bonds. The molecule has 58 valence electrons. The molecule has 2 nitrogen and oxygen atoms in total. The van der Waals surface area contributed by atoms with Crippen molar-refractivity contribution >= 4 is 15.9 Å². The molecule has 0 aromatic heterocycles. The van der Waals surface area contributed by atoms with Gasteiger partial charge in [-0.25, -0.2) is 0 Å². The first-order valence-corrected chi connectivity index (χ1v) is 4.41. The number of hydrogen-bond donors (Lipinski definition) is 0. The van der Waals surface area contributed by atoms with Gasteiger partial charge in [0.15, 0.2) is 0 Å². The smallest absolute Gasteiger partial charge is 0.0664 e. The number of ether oxygens (including phenoxy) is 1. The van der Waals surface area contributed by atoms with Crippen molar-refractivity contribution in [3.8, 4) is 6.07 Å². The van der Waals surface area contributed by atoms with Crippen LogP contribution >= 0.6 is 15.9 Å².